The van der Waals surface area contributed by atoms with Crippen molar-refractivity contribution in [2.75, 3.05) is 7.05 Å². The minimum Gasteiger partial charge on any atom is -0.390 e. The van der Waals surface area contributed by atoms with Crippen molar-refractivity contribution in [1.82, 2.24) is 10.6 Å². The fourth-order valence-corrected chi connectivity index (χ4v) is 3.15. The third kappa shape index (κ3) is 4.71. The maximum Gasteiger partial charge on any atom is 0.0630 e. The molecule has 3 heteroatoms. The molecule has 0 rings (SSSR count). The van der Waals surface area contributed by atoms with Crippen LogP contribution in [0.5, 0.6) is 0 Å². The number of rotatable bonds is 7. The van der Waals surface area contributed by atoms with Crippen LogP contribution in [0.2, 0.25) is 0 Å². The molecule has 20 heavy (non-hydrogen) atoms. The predicted octanol–water partition coefficient (Wildman–Crippen LogP) is 3.52. The molecule has 0 aliphatic rings. The summed E-state index contributed by atoms with van der Waals surface area (Å²) in [5.74, 6) is 0. The fraction of sp³-hybridized carbons (Fsp3) is 1.00. The topological polar surface area (TPSA) is 44.3 Å². The van der Waals surface area contributed by atoms with Crippen molar-refractivity contribution < 1.29 is 5.11 Å². The highest BCUT2D eigenvalue weighted by Gasteiger charge is 2.50. The van der Waals surface area contributed by atoms with Crippen molar-refractivity contribution in [3.8, 4) is 0 Å². The Balaban J connectivity index is 5.38. The number of hydrogen-bond donors (Lipinski definition) is 3. The summed E-state index contributed by atoms with van der Waals surface area (Å²) < 4.78 is 0. The maximum atomic E-state index is 10.2. The Kier molecular flexibility index (Phi) is 5.55. The second-order valence-corrected chi connectivity index (χ2v) is 9.12. The van der Waals surface area contributed by atoms with Crippen LogP contribution in [-0.4, -0.2) is 29.0 Å². The summed E-state index contributed by atoms with van der Waals surface area (Å²) in [6, 6.07) is 0. The van der Waals surface area contributed by atoms with Gasteiger partial charge in [0.1, 0.15) is 0 Å². The van der Waals surface area contributed by atoms with Crippen LogP contribution in [0.4, 0.5) is 0 Å². The van der Waals surface area contributed by atoms with Crippen LogP contribution >= 0.6 is 0 Å². The quantitative estimate of drug-likeness (QED) is 0.627. The van der Waals surface area contributed by atoms with E-state index in [9.17, 15) is 5.11 Å². The molecule has 0 aliphatic carbocycles. The van der Waals surface area contributed by atoms with Crippen molar-refractivity contribution in [2.45, 2.75) is 92.5 Å². The highest BCUT2D eigenvalue weighted by Crippen LogP contribution is 2.50. The van der Waals surface area contributed by atoms with Crippen molar-refractivity contribution in [2.24, 2.45) is 10.8 Å². The lowest BCUT2D eigenvalue weighted by Gasteiger charge is -2.56. The van der Waals surface area contributed by atoms with Crippen LogP contribution in [0.1, 0.15) is 75.7 Å². The second-order valence-electron chi connectivity index (χ2n) is 9.12. The molecular weight excluding hydrogens is 248 g/mol. The zero-order valence-corrected chi connectivity index (χ0v) is 15.7. The number of hydrogen-bond acceptors (Lipinski definition) is 3. The summed E-state index contributed by atoms with van der Waals surface area (Å²) >= 11 is 0. The molecule has 0 fully saturated rings. The van der Waals surface area contributed by atoms with Crippen LogP contribution in [0.3, 0.4) is 0 Å². The highest BCUT2D eigenvalue weighted by atomic mass is 16.3. The predicted molar refractivity (Wildman–Crippen MR) is 88.8 cm³/mol. The summed E-state index contributed by atoms with van der Waals surface area (Å²) in [6.45, 7) is 21.7. The van der Waals surface area contributed by atoms with Crippen LogP contribution in [0.15, 0.2) is 0 Å². The van der Waals surface area contributed by atoms with Crippen LogP contribution in [0.25, 0.3) is 0 Å². The van der Waals surface area contributed by atoms with Crippen molar-refractivity contribution in [3.63, 3.8) is 0 Å². The SMILES string of the molecule is CNC(C)(C)NC(C)(C)C(C)(C)C(C)(C)CC(C)(C)O. The molecule has 0 amide bonds. The molecule has 0 saturated heterocycles. The third-order valence-corrected chi connectivity index (χ3v) is 5.38. The number of aliphatic hydroxyl groups is 1. The monoisotopic (exact) mass is 286 g/mol. The zero-order valence-electron chi connectivity index (χ0n) is 15.7. The largest absolute Gasteiger partial charge is 0.390 e. The highest BCUT2D eigenvalue weighted by molar-refractivity contribution is 5.04. The minimum atomic E-state index is -0.657. The molecule has 0 aromatic carbocycles. The Labute approximate surface area is 126 Å². The van der Waals surface area contributed by atoms with Gasteiger partial charge in [0.25, 0.3) is 0 Å². The van der Waals surface area contributed by atoms with Gasteiger partial charge in [0.2, 0.25) is 0 Å². The standard InChI is InChI=1S/C17H38N2O/c1-13(2,12-14(3,4)20)15(5,6)16(7,8)19-17(9,10)18-11/h18-20H,12H2,1-11H3. The van der Waals surface area contributed by atoms with Gasteiger partial charge in [-0.15, -0.1) is 0 Å². The molecule has 0 aliphatic heterocycles. The first kappa shape index (κ1) is 19.9. The molecule has 0 radical (unpaired) electrons. The van der Waals surface area contributed by atoms with Crippen molar-refractivity contribution in [3.05, 3.63) is 0 Å². The lowest BCUT2D eigenvalue weighted by atomic mass is 9.55. The summed E-state index contributed by atoms with van der Waals surface area (Å²) in [5, 5.41) is 17.3. The van der Waals surface area contributed by atoms with Gasteiger partial charge in [-0.1, -0.05) is 27.7 Å². The molecule has 0 atom stereocenters. The number of nitrogens with one attached hydrogen (secondary N) is 2. The van der Waals surface area contributed by atoms with Gasteiger partial charge < -0.3 is 10.4 Å². The smallest absolute Gasteiger partial charge is 0.0630 e. The zero-order chi connectivity index (χ0) is 16.6. The molecular formula is C17H38N2O. The lowest BCUT2D eigenvalue weighted by Crippen LogP contribution is -2.66. The molecule has 0 heterocycles. The molecule has 0 spiro atoms. The molecule has 0 unspecified atom stereocenters. The van der Waals surface area contributed by atoms with Gasteiger partial charge in [0, 0.05) is 5.54 Å². The third-order valence-electron chi connectivity index (χ3n) is 5.38. The van der Waals surface area contributed by atoms with Crippen molar-refractivity contribution >= 4 is 0 Å². The Bertz CT molecular complexity index is 322. The van der Waals surface area contributed by atoms with Crippen LogP contribution < -0.4 is 10.6 Å². The maximum absolute atomic E-state index is 10.2. The second kappa shape index (κ2) is 5.58. The first-order valence-electron chi connectivity index (χ1n) is 7.68. The van der Waals surface area contributed by atoms with E-state index < -0.39 is 5.60 Å². The molecule has 0 aromatic rings. The average molecular weight is 287 g/mol. The van der Waals surface area contributed by atoms with E-state index in [2.05, 4.69) is 66.0 Å². The molecule has 0 aromatic heterocycles. The summed E-state index contributed by atoms with van der Waals surface area (Å²) in [6.07, 6.45) is 0.762. The van der Waals surface area contributed by atoms with Gasteiger partial charge in [-0.3, -0.25) is 5.32 Å². The van der Waals surface area contributed by atoms with E-state index in [1.807, 2.05) is 20.9 Å². The first-order chi connectivity index (χ1) is 8.47. The van der Waals surface area contributed by atoms with Crippen molar-refractivity contribution in [1.29, 1.82) is 0 Å². The van der Waals surface area contributed by atoms with E-state index in [-0.39, 0.29) is 22.0 Å². The van der Waals surface area contributed by atoms with E-state index in [1.54, 1.807) is 0 Å². The minimum absolute atomic E-state index is 0.00583. The fourth-order valence-electron chi connectivity index (χ4n) is 3.15. The Morgan fingerprint density at radius 3 is 1.50 bits per heavy atom. The van der Waals surface area contributed by atoms with Gasteiger partial charge in [0.15, 0.2) is 0 Å². The van der Waals surface area contributed by atoms with E-state index in [1.165, 1.54) is 0 Å². The first-order valence-corrected chi connectivity index (χ1v) is 7.68. The van der Waals surface area contributed by atoms with Gasteiger partial charge in [-0.25, -0.2) is 0 Å². The molecule has 3 N–H and O–H groups in total. The summed E-state index contributed by atoms with van der Waals surface area (Å²) in [4.78, 5) is 0. The van der Waals surface area contributed by atoms with E-state index >= 15 is 0 Å². The molecule has 3 nitrogen and oxygen atoms in total. The van der Waals surface area contributed by atoms with Crippen LogP contribution in [0, 0.1) is 10.8 Å². The molecule has 122 valence electrons. The van der Waals surface area contributed by atoms with E-state index in [0.29, 0.717) is 0 Å². The van der Waals surface area contributed by atoms with E-state index in [4.69, 9.17) is 0 Å². The molecule has 0 saturated carbocycles. The Morgan fingerprint density at radius 1 is 0.800 bits per heavy atom. The lowest BCUT2D eigenvalue weighted by molar-refractivity contribution is -0.0594. The van der Waals surface area contributed by atoms with Gasteiger partial charge >= 0.3 is 0 Å². The summed E-state index contributed by atoms with van der Waals surface area (Å²) in [7, 11) is 1.97. The van der Waals surface area contributed by atoms with Gasteiger partial charge in [-0.05, 0) is 65.8 Å². The average Bonchev–Trinajstić information content (AvgIpc) is 2.11. The Morgan fingerprint density at radius 2 is 1.20 bits per heavy atom. The summed E-state index contributed by atoms with van der Waals surface area (Å²) in [5.41, 5.74) is -0.894. The van der Waals surface area contributed by atoms with Gasteiger partial charge in [-0.2, -0.15) is 0 Å². The molecule has 0 bridgehead atoms. The van der Waals surface area contributed by atoms with Gasteiger partial charge in [0.05, 0.1) is 11.3 Å². The normalized spacial score (nSPS) is 15.6. The van der Waals surface area contributed by atoms with E-state index in [0.717, 1.165) is 6.42 Å². The van der Waals surface area contributed by atoms with Crippen LogP contribution in [-0.2, 0) is 0 Å². The Hall–Kier alpha value is -0.120.